The van der Waals surface area contributed by atoms with Crippen molar-refractivity contribution in [3.05, 3.63) is 74.1 Å². The molecule has 0 bridgehead atoms. The summed E-state index contributed by atoms with van der Waals surface area (Å²) in [5, 5.41) is 16.7. The molecule has 0 spiro atoms. The summed E-state index contributed by atoms with van der Waals surface area (Å²) in [6.07, 6.45) is 3.26. The molecule has 1 saturated heterocycles. The molecule has 0 saturated carbocycles. The van der Waals surface area contributed by atoms with Crippen LogP contribution in [-0.2, 0) is 17.6 Å². The molecular formula is C25H26N4O5. The number of fused-ring (bicyclic) bond motifs is 1. The number of hydrogen-bond donors (Lipinski definition) is 0. The zero-order valence-electron chi connectivity index (χ0n) is 19.0. The fourth-order valence-electron chi connectivity index (χ4n) is 4.76. The Hall–Kier alpha value is -3.72. The normalized spacial score (nSPS) is 15.6. The first-order valence-corrected chi connectivity index (χ1v) is 11.5. The number of nitro groups is 1. The van der Waals surface area contributed by atoms with Crippen molar-refractivity contribution in [2.75, 3.05) is 38.3 Å². The maximum absolute atomic E-state index is 13.6. The summed E-state index contributed by atoms with van der Waals surface area (Å²) >= 11 is 0. The van der Waals surface area contributed by atoms with Gasteiger partial charge >= 0.3 is 0 Å². The standard InChI is InChI=1S/C25H26N4O5/c1-33-19-6-4-5-17(15-19)24-20-7-2-3-8-21(20)25(30)28(26-24)23-16-18(9-10-22(23)29(31)32)27-11-13-34-14-12-27/h4-6,9-10,15-16H,2-3,7-8,11-14H2,1H3. The van der Waals surface area contributed by atoms with E-state index in [9.17, 15) is 14.9 Å². The molecule has 0 radical (unpaired) electrons. The molecule has 2 aliphatic rings. The first kappa shape index (κ1) is 22.1. The second-order valence-corrected chi connectivity index (χ2v) is 8.49. The summed E-state index contributed by atoms with van der Waals surface area (Å²) in [6.45, 7) is 2.53. The molecular weight excluding hydrogens is 436 g/mol. The van der Waals surface area contributed by atoms with Crippen molar-refractivity contribution in [1.82, 2.24) is 9.78 Å². The molecule has 2 heterocycles. The molecule has 1 fully saturated rings. The third-order valence-corrected chi connectivity index (χ3v) is 6.51. The average molecular weight is 463 g/mol. The predicted molar refractivity (Wildman–Crippen MR) is 128 cm³/mol. The van der Waals surface area contributed by atoms with Crippen molar-refractivity contribution >= 4 is 11.4 Å². The third kappa shape index (κ3) is 4.03. The van der Waals surface area contributed by atoms with Gasteiger partial charge in [-0.15, -0.1) is 0 Å². The van der Waals surface area contributed by atoms with Gasteiger partial charge in [-0.25, -0.2) is 0 Å². The minimum atomic E-state index is -0.461. The van der Waals surface area contributed by atoms with Gasteiger partial charge in [0.15, 0.2) is 0 Å². The van der Waals surface area contributed by atoms with E-state index in [1.165, 1.54) is 10.7 Å². The van der Waals surface area contributed by atoms with Gasteiger partial charge in [-0.1, -0.05) is 12.1 Å². The molecule has 9 nitrogen and oxygen atoms in total. The highest BCUT2D eigenvalue weighted by Gasteiger charge is 2.26. The molecule has 9 heteroatoms. The lowest BCUT2D eigenvalue weighted by molar-refractivity contribution is -0.384. The fraction of sp³-hybridized carbons (Fsp3) is 0.360. The Labute approximate surface area is 196 Å². The molecule has 0 unspecified atom stereocenters. The van der Waals surface area contributed by atoms with Gasteiger partial charge in [0.2, 0.25) is 0 Å². The minimum absolute atomic E-state index is 0.154. The summed E-state index contributed by atoms with van der Waals surface area (Å²) in [4.78, 5) is 27.2. The molecule has 176 valence electrons. The van der Waals surface area contributed by atoms with Crippen LogP contribution >= 0.6 is 0 Å². The maximum atomic E-state index is 13.6. The number of hydrogen-bond acceptors (Lipinski definition) is 7. The maximum Gasteiger partial charge on any atom is 0.295 e. The third-order valence-electron chi connectivity index (χ3n) is 6.51. The van der Waals surface area contributed by atoms with E-state index in [-0.39, 0.29) is 16.9 Å². The number of aromatic nitrogens is 2. The smallest absolute Gasteiger partial charge is 0.295 e. The van der Waals surface area contributed by atoms with Crippen LogP contribution in [0.4, 0.5) is 11.4 Å². The van der Waals surface area contributed by atoms with Gasteiger partial charge in [0.25, 0.3) is 11.2 Å². The molecule has 1 aliphatic heterocycles. The Bertz CT molecular complexity index is 1300. The van der Waals surface area contributed by atoms with Crippen molar-refractivity contribution in [1.29, 1.82) is 0 Å². The van der Waals surface area contributed by atoms with Gasteiger partial charge in [0, 0.05) is 36.0 Å². The van der Waals surface area contributed by atoms with Crippen molar-refractivity contribution in [3.63, 3.8) is 0 Å². The van der Waals surface area contributed by atoms with Crippen LogP contribution in [0.15, 0.2) is 47.3 Å². The van der Waals surface area contributed by atoms with Gasteiger partial charge in [-0.3, -0.25) is 14.9 Å². The van der Waals surface area contributed by atoms with Gasteiger partial charge < -0.3 is 14.4 Å². The second-order valence-electron chi connectivity index (χ2n) is 8.49. The summed E-state index contributed by atoms with van der Waals surface area (Å²) in [6, 6.07) is 12.4. The number of rotatable bonds is 5. The number of morpholine rings is 1. The molecule has 1 aromatic heterocycles. The summed E-state index contributed by atoms with van der Waals surface area (Å²) in [7, 11) is 1.60. The second kappa shape index (κ2) is 9.26. The molecule has 0 atom stereocenters. The van der Waals surface area contributed by atoms with Crippen LogP contribution in [0.5, 0.6) is 5.75 Å². The van der Waals surface area contributed by atoms with E-state index in [4.69, 9.17) is 14.6 Å². The topological polar surface area (TPSA) is 99.7 Å². The zero-order valence-corrected chi connectivity index (χ0v) is 19.0. The Morgan fingerprint density at radius 3 is 2.56 bits per heavy atom. The first-order chi connectivity index (χ1) is 16.6. The van der Waals surface area contributed by atoms with E-state index < -0.39 is 4.92 Å². The number of anilines is 1. The average Bonchev–Trinajstić information content (AvgIpc) is 2.89. The number of nitro benzene ring substituents is 1. The van der Waals surface area contributed by atoms with E-state index in [0.717, 1.165) is 36.1 Å². The van der Waals surface area contributed by atoms with Gasteiger partial charge in [0.1, 0.15) is 11.4 Å². The Morgan fingerprint density at radius 1 is 1.06 bits per heavy atom. The minimum Gasteiger partial charge on any atom is -0.497 e. The molecule has 0 amide bonds. The van der Waals surface area contributed by atoms with E-state index in [1.807, 2.05) is 24.3 Å². The summed E-state index contributed by atoms with van der Waals surface area (Å²) in [5.74, 6) is 0.682. The monoisotopic (exact) mass is 462 g/mol. The van der Waals surface area contributed by atoms with Crippen molar-refractivity contribution in [3.8, 4) is 22.7 Å². The quantitative estimate of drug-likeness (QED) is 0.422. The van der Waals surface area contributed by atoms with Crippen LogP contribution in [0.2, 0.25) is 0 Å². The van der Waals surface area contributed by atoms with E-state index in [1.54, 1.807) is 19.2 Å². The number of benzene rings is 2. The van der Waals surface area contributed by atoms with E-state index in [2.05, 4.69) is 4.90 Å². The lowest BCUT2D eigenvalue weighted by atomic mass is 9.89. The van der Waals surface area contributed by atoms with E-state index >= 15 is 0 Å². The first-order valence-electron chi connectivity index (χ1n) is 11.5. The zero-order chi connectivity index (χ0) is 23.7. The van der Waals surface area contributed by atoms with Gasteiger partial charge in [0.05, 0.1) is 30.9 Å². The molecule has 0 N–H and O–H groups in total. The van der Waals surface area contributed by atoms with Crippen LogP contribution in [0, 0.1) is 10.1 Å². The molecule has 1 aliphatic carbocycles. The number of ether oxygens (including phenoxy) is 2. The van der Waals surface area contributed by atoms with Crippen LogP contribution in [0.25, 0.3) is 16.9 Å². The lowest BCUT2D eigenvalue weighted by Gasteiger charge is -2.29. The van der Waals surface area contributed by atoms with Crippen molar-refractivity contribution in [2.24, 2.45) is 0 Å². The SMILES string of the molecule is COc1cccc(-c2nn(-c3cc(N4CCOCC4)ccc3[N+](=O)[O-])c(=O)c3c2CCCC3)c1. The molecule has 3 aromatic rings. The van der Waals surface area contributed by atoms with Gasteiger partial charge in [-0.05, 0) is 55.5 Å². The predicted octanol–water partition coefficient (Wildman–Crippen LogP) is 3.53. The van der Waals surface area contributed by atoms with Crippen molar-refractivity contribution in [2.45, 2.75) is 25.7 Å². The van der Waals surface area contributed by atoms with Crippen LogP contribution in [0.3, 0.4) is 0 Å². The van der Waals surface area contributed by atoms with Crippen LogP contribution < -0.4 is 15.2 Å². The number of nitrogens with zero attached hydrogens (tertiary/aromatic N) is 4. The Balaban J connectivity index is 1.73. The van der Waals surface area contributed by atoms with Crippen LogP contribution in [-0.4, -0.2) is 48.1 Å². The van der Waals surface area contributed by atoms with Gasteiger partial charge in [-0.2, -0.15) is 9.78 Å². The van der Waals surface area contributed by atoms with Crippen LogP contribution in [0.1, 0.15) is 24.0 Å². The summed E-state index contributed by atoms with van der Waals surface area (Å²) in [5.41, 5.74) is 3.63. The number of methoxy groups -OCH3 is 1. The molecule has 5 rings (SSSR count). The highest BCUT2D eigenvalue weighted by Crippen LogP contribution is 2.33. The Morgan fingerprint density at radius 2 is 1.82 bits per heavy atom. The Kier molecular flexibility index (Phi) is 6.02. The largest absolute Gasteiger partial charge is 0.497 e. The lowest BCUT2D eigenvalue weighted by Crippen LogP contribution is -2.36. The fourth-order valence-corrected chi connectivity index (χ4v) is 4.76. The molecule has 34 heavy (non-hydrogen) atoms. The molecule has 2 aromatic carbocycles. The van der Waals surface area contributed by atoms with Crippen molar-refractivity contribution < 1.29 is 14.4 Å². The summed E-state index contributed by atoms with van der Waals surface area (Å²) < 4.78 is 12.0. The highest BCUT2D eigenvalue weighted by molar-refractivity contribution is 5.68. The highest BCUT2D eigenvalue weighted by atomic mass is 16.6. The van der Waals surface area contributed by atoms with E-state index in [0.29, 0.717) is 49.7 Å².